The van der Waals surface area contributed by atoms with Gasteiger partial charge in [-0.3, -0.25) is 9.59 Å². The van der Waals surface area contributed by atoms with Gasteiger partial charge in [-0.05, 0) is 6.07 Å². The number of ketones is 2. The summed E-state index contributed by atoms with van der Waals surface area (Å²) in [7, 11) is 0. The summed E-state index contributed by atoms with van der Waals surface area (Å²) < 4.78 is 0.637. The minimum absolute atomic E-state index is 0.127. The predicted molar refractivity (Wildman–Crippen MR) is 70.0 cm³/mol. The molecule has 88 valence electrons. The lowest BCUT2D eigenvalue weighted by molar-refractivity contribution is -0.255. The van der Waals surface area contributed by atoms with Crippen LogP contribution in [0.15, 0.2) is 40.9 Å². The summed E-state index contributed by atoms with van der Waals surface area (Å²) in [6.45, 7) is 0. The van der Waals surface area contributed by atoms with Crippen LogP contribution in [0.3, 0.4) is 0 Å². The van der Waals surface area contributed by atoms with Gasteiger partial charge in [-0.2, -0.15) is 0 Å². The molecule has 0 spiro atoms. The maximum absolute atomic E-state index is 12.4. The summed E-state index contributed by atoms with van der Waals surface area (Å²) in [5.41, 5.74) is 6.17. The minimum atomic E-state index is -0.133. The van der Waals surface area contributed by atoms with E-state index in [0.717, 1.165) is 0 Å². The summed E-state index contributed by atoms with van der Waals surface area (Å²) >= 11 is 3.34. The lowest BCUT2D eigenvalue weighted by Crippen LogP contribution is -2.43. The molecule has 0 amide bonds. The Kier molecular flexibility index (Phi) is 2.43. The third kappa shape index (κ3) is 1.39. The van der Waals surface area contributed by atoms with Gasteiger partial charge in [0.15, 0.2) is 5.78 Å². The number of hydrogen-bond acceptors (Lipinski definition) is 2. The van der Waals surface area contributed by atoms with Gasteiger partial charge in [0.2, 0.25) is 5.78 Å². The van der Waals surface area contributed by atoms with E-state index in [0.29, 0.717) is 32.4 Å². The molecule has 0 aromatic heterocycles. The highest BCUT2D eigenvalue weighted by molar-refractivity contribution is 9.10. The molecule has 0 radical (unpaired) electrons. The summed E-state index contributed by atoms with van der Waals surface area (Å²) in [6.07, 6.45) is 0. The molecule has 3 N–H and O–H groups in total. The average molecular weight is 303 g/mol. The monoisotopic (exact) mass is 302 g/mol. The molecule has 1 aliphatic carbocycles. The third-order valence-corrected chi connectivity index (χ3v) is 3.77. The van der Waals surface area contributed by atoms with Crippen molar-refractivity contribution in [3.05, 3.63) is 63.1 Å². The van der Waals surface area contributed by atoms with Gasteiger partial charge in [0.05, 0.1) is 11.1 Å². The van der Waals surface area contributed by atoms with E-state index in [2.05, 4.69) is 21.7 Å². The number of rotatable bonds is 0. The largest absolute Gasteiger partial charge is 0.325 e. The van der Waals surface area contributed by atoms with Gasteiger partial charge in [-0.15, -0.1) is 0 Å². The van der Waals surface area contributed by atoms with Crippen LogP contribution in [0.5, 0.6) is 0 Å². The van der Waals surface area contributed by atoms with Crippen LogP contribution in [0.4, 0.5) is 5.69 Å². The first-order valence-electron chi connectivity index (χ1n) is 5.44. The molecule has 3 nitrogen and oxygen atoms in total. The van der Waals surface area contributed by atoms with E-state index in [1.807, 2.05) is 0 Å². The van der Waals surface area contributed by atoms with Gasteiger partial charge in [0.1, 0.15) is 5.69 Å². The zero-order valence-corrected chi connectivity index (χ0v) is 11.0. The van der Waals surface area contributed by atoms with E-state index in [1.54, 1.807) is 36.4 Å². The molecule has 0 unspecified atom stereocenters. The SMILES string of the molecule is [NH3+]c1ccc(Br)c2c1C(=O)c1ccccc1C2=O. The molecule has 18 heavy (non-hydrogen) atoms. The second-order valence-corrected chi connectivity index (χ2v) is 5.01. The summed E-state index contributed by atoms with van der Waals surface area (Å²) in [5, 5.41) is 0. The first-order chi connectivity index (χ1) is 8.61. The Morgan fingerprint density at radius 1 is 0.833 bits per heavy atom. The van der Waals surface area contributed by atoms with E-state index in [1.165, 1.54) is 0 Å². The molecular formula is C14H9BrNO2+. The molecule has 4 heteroatoms. The van der Waals surface area contributed by atoms with Crippen LogP contribution in [-0.2, 0) is 0 Å². The topological polar surface area (TPSA) is 61.8 Å². The minimum Gasteiger partial charge on any atom is -0.325 e. The van der Waals surface area contributed by atoms with E-state index in [-0.39, 0.29) is 11.6 Å². The number of fused-ring (bicyclic) bond motifs is 2. The molecule has 1 aliphatic rings. The number of carbonyl (C=O) groups is 2. The average Bonchev–Trinajstić information content (AvgIpc) is 2.38. The Morgan fingerprint density at radius 2 is 1.39 bits per heavy atom. The second kappa shape index (κ2) is 3.86. The highest BCUT2D eigenvalue weighted by Gasteiger charge is 2.33. The number of halogens is 1. The maximum atomic E-state index is 12.4. The van der Waals surface area contributed by atoms with E-state index < -0.39 is 0 Å². The molecule has 0 aliphatic heterocycles. The smallest absolute Gasteiger partial charge is 0.200 e. The van der Waals surface area contributed by atoms with Gasteiger partial charge >= 0.3 is 0 Å². The standard InChI is InChI=1S/C14H8BrNO2/c15-9-5-6-10(16)12-11(9)13(17)7-3-1-2-4-8(7)14(12)18/h1-6H,16H2/p+1. The number of quaternary nitrogens is 1. The molecule has 0 bridgehead atoms. The van der Waals surface area contributed by atoms with Gasteiger partial charge in [0.25, 0.3) is 0 Å². The van der Waals surface area contributed by atoms with Crippen LogP contribution in [0.1, 0.15) is 31.8 Å². The summed E-state index contributed by atoms with van der Waals surface area (Å²) in [6, 6.07) is 10.4. The van der Waals surface area contributed by atoms with Crippen LogP contribution in [0.2, 0.25) is 0 Å². The van der Waals surface area contributed by atoms with Crippen molar-refractivity contribution >= 4 is 33.2 Å². The molecule has 2 aromatic rings. The fraction of sp³-hybridized carbons (Fsp3) is 0. The van der Waals surface area contributed by atoms with Crippen molar-refractivity contribution in [2.24, 2.45) is 0 Å². The maximum Gasteiger partial charge on any atom is 0.200 e. The van der Waals surface area contributed by atoms with Crippen molar-refractivity contribution in [3.63, 3.8) is 0 Å². The Bertz CT molecular complexity index is 647. The fourth-order valence-corrected chi connectivity index (χ4v) is 2.76. The van der Waals surface area contributed by atoms with Gasteiger partial charge in [-0.25, -0.2) is 0 Å². The van der Waals surface area contributed by atoms with Crippen molar-refractivity contribution in [3.8, 4) is 0 Å². The normalized spacial score (nSPS) is 13.2. The molecule has 0 fully saturated rings. The quantitative estimate of drug-likeness (QED) is 0.691. The van der Waals surface area contributed by atoms with Crippen molar-refractivity contribution in [1.82, 2.24) is 0 Å². The lowest BCUT2D eigenvalue weighted by Gasteiger charge is -2.18. The van der Waals surface area contributed by atoms with Crippen molar-refractivity contribution < 1.29 is 15.3 Å². The van der Waals surface area contributed by atoms with Crippen LogP contribution in [0.25, 0.3) is 0 Å². The first kappa shape index (κ1) is 11.3. The van der Waals surface area contributed by atoms with E-state index in [4.69, 9.17) is 0 Å². The van der Waals surface area contributed by atoms with Crippen LogP contribution < -0.4 is 5.73 Å². The van der Waals surface area contributed by atoms with Gasteiger partial charge in [-0.1, -0.05) is 40.2 Å². The predicted octanol–water partition coefficient (Wildman–Crippen LogP) is 2.10. The number of carbonyl (C=O) groups excluding carboxylic acids is 2. The van der Waals surface area contributed by atoms with Crippen molar-refractivity contribution in [1.29, 1.82) is 0 Å². The first-order valence-corrected chi connectivity index (χ1v) is 6.23. The van der Waals surface area contributed by atoms with Gasteiger partial charge in [0, 0.05) is 21.7 Å². The molecule has 0 saturated carbocycles. The Morgan fingerprint density at radius 3 is 2.00 bits per heavy atom. The van der Waals surface area contributed by atoms with Crippen LogP contribution in [0, 0.1) is 0 Å². The molecular weight excluding hydrogens is 294 g/mol. The number of benzene rings is 2. The Labute approximate surface area is 112 Å². The highest BCUT2D eigenvalue weighted by Crippen LogP contribution is 2.34. The van der Waals surface area contributed by atoms with E-state index >= 15 is 0 Å². The van der Waals surface area contributed by atoms with Crippen molar-refractivity contribution in [2.75, 3.05) is 0 Å². The summed E-state index contributed by atoms with van der Waals surface area (Å²) in [5.74, 6) is -0.260. The second-order valence-electron chi connectivity index (χ2n) is 4.16. The lowest BCUT2D eigenvalue weighted by atomic mass is 9.83. The summed E-state index contributed by atoms with van der Waals surface area (Å²) in [4.78, 5) is 24.8. The fourth-order valence-electron chi connectivity index (χ4n) is 2.25. The molecule has 2 aromatic carbocycles. The zero-order chi connectivity index (χ0) is 12.9. The molecule has 0 saturated heterocycles. The van der Waals surface area contributed by atoms with E-state index in [9.17, 15) is 9.59 Å². The zero-order valence-electron chi connectivity index (χ0n) is 9.37. The molecule has 0 atom stereocenters. The Balaban J connectivity index is 2.41. The van der Waals surface area contributed by atoms with Gasteiger partial charge < -0.3 is 5.73 Å². The van der Waals surface area contributed by atoms with Crippen LogP contribution >= 0.6 is 15.9 Å². The molecule has 0 heterocycles. The Hall–Kier alpha value is -1.78. The van der Waals surface area contributed by atoms with Crippen LogP contribution in [-0.4, -0.2) is 11.6 Å². The highest BCUT2D eigenvalue weighted by atomic mass is 79.9. The third-order valence-electron chi connectivity index (χ3n) is 3.11. The van der Waals surface area contributed by atoms with Crippen molar-refractivity contribution in [2.45, 2.75) is 0 Å². The molecule has 3 rings (SSSR count). The number of hydrogen-bond donors (Lipinski definition) is 1.